The predicted molar refractivity (Wildman–Crippen MR) is 224 cm³/mol. The third kappa shape index (κ3) is 4.51. The zero-order chi connectivity index (χ0) is 36.6. The van der Waals surface area contributed by atoms with Gasteiger partial charge in [0.25, 0.3) is 0 Å². The van der Waals surface area contributed by atoms with E-state index in [0.29, 0.717) is 11.1 Å². The van der Waals surface area contributed by atoms with E-state index in [1.807, 2.05) is 30.3 Å². The van der Waals surface area contributed by atoms with Gasteiger partial charge in [-0.05, 0) is 96.1 Å². The van der Waals surface area contributed by atoms with Crippen LogP contribution in [0.1, 0.15) is 11.1 Å². The summed E-state index contributed by atoms with van der Waals surface area (Å²) in [5.41, 5.74) is 13.3. The second-order valence-corrected chi connectivity index (χ2v) is 14.0. The summed E-state index contributed by atoms with van der Waals surface area (Å²) in [6.07, 6.45) is 0. The van der Waals surface area contributed by atoms with Gasteiger partial charge in [0.15, 0.2) is 0 Å². The van der Waals surface area contributed by atoms with Crippen LogP contribution in [-0.4, -0.2) is 13.7 Å². The van der Waals surface area contributed by atoms with Gasteiger partial charge in [0.2, 0.25) is 0 Å². The van der Waals surface area contributed by atoms with Crippen LogP contribution in [0.5, 0.6) is 0 Å². The van der Waals surface area contributed by atoms with E-state index in [-0.39, 0.29) is 0 Å². The maximum Gasteiger partial charge on any atom is 0.0991 e. The maximum absolute atomic E-state index is 9.88. The van der Waals surface area contributed by atoms with Gasteiger partial charge in [-0.2, -0.15) is 10.5 Å². The van der Waals surface area contributed by atoms with Gasteiger partial charge >= 0.3 is 0 Å². The molecule has 0 atom stereocenters. The van der Waals surface area contributed by atoms with E-state index in [0.717, 1.165) is 82.8 Å². The molecule has 3 heterocycles. The molecule has 254 valence electrons. The zero-order valence-corrected chi connectivity index (χ0v) is 29.5. The Labute approximate surface area is 316 Å². The molecule has 0 aliphatic rings. The molecule has 55 heavy (non-hydrogen) atoms. The lowest BCUT2D eigenvalue weighted by molar-refractivity contribution is 1.15. The molecule has 0 bridgehead atoms. The van der Waals surface area contributed by atoms with E-state index in [4.69, 9.17) is 0 Å². The molecule has 0 fully saturated rings. The number of hydrogen-bond acceptors (Lipinski definition) is 2. The highest BCUT2D eigenvalue weighted by molar-refractivity contribution is 6.24. The number of benzene rings is 8. The summed E-state index contributed by atoms with van der Waals surface area (Å²) in [7, 11) is 0. The van der Waals surface area contributed by atoms with Crippen molar-refractivity contribution in [3.63, 3.8) is 0 Å². The van der Waals surface area contributed by atoms with Crippen molar-refractivity contribution in [3.8, 4) is 40.3 Å². The first-order valence-electron chi connectivity index (χ1n) is 18.3. The molecule has 0 saturated heterocycles. The smallest absolute Gasteiger partial charge is 0.0991 e. The van der Waals surface area contributed by atoms with E-state index in [9.17, 15) is 10.5 Å². The molecule has 8 aromatic carbocycles. The average Bonchev–Trinajstić information content (AvgIpc) is 3.89. The van der Waals surface area contributed by atoms with Crippen LogP contribution in [0.4, 0.5) is 0 Å². The number of nitriles is 2. The lowest BCUT2D eigenvalue weighted by Crippen LogP contribution is -1.99. The zero-order valence-electron chi connectivity index (χ0n) is 29.5. The van der Waals surface area contributed by atoms with Crippen LogP contribution < -0.4 is 0 Å². The highest BCUT2D eigenvalue weighted by Crippen LogP contribution is 2.42. The Morgan fingerprint density at radius 2 is 0.745 bits per heavy atom. The van der Waals surface area contributed by atoms with Gasteiger partial charge in [0.1, 0.15) is 0 Å². The summed E-state index contributed by atoms with van der Waals surface area (Å²) in [6.45, 7) is 0. The SMILES string of the molecule is N#Cc1ccc2c(c1)c1ccccc1n2-c1cccc(-c2cccc(-n3c4ccccc4c4ccc5c6cc(C#N)ccc6n(-c6ccccc6)c5c43)c2)c1. The summed E-state index contributed by atoms with van der Waals surface area (Å²) < 4.78 is 7.05. The van der Waals surface area contributed by atoms with Crippen molar-refractivity contribution in [2.75, 3.05) is 0 Å². The van der Waals surface area contributed by atoms with Crippen LogP contribution in [0, 0.1) is 22.7 Å². The van der Waals surface area contributed by atoms with Crippen LogP contribution >= 0.6 is 0 Å². The van der Waals surface area contributed by atoms with Crippen molar-refractivity contribution in [1.82, 2.24) is 13.7 Å². The van der Waals surface area contributed by atoms with Gasteiger partial charge in [-0.15, -0.1) is 0 Å². The van der Waals surface area contributed by atoms with Crippen molar-refractivity contribution >= 4 is 65.4 Å². The van der Waals surface area contributed by atoms with Crippen LogP contribution in [0.25, 0.3) is 93.6 Å². The molecular weight excluding hydrogens is 671 g/mol. The first-order chi connectivity index (χ1) is 27.2. The second-order valence-electron chi connectivity index (χ2n) is 14.0. The Bertz CT molecular complexity index is 3450. The number of nitrogens with zero attached hydrogens (tertiary/aromatic N) is 5. The van der Waals surface area contributed by atoms with Gasteiger partial charge in [-0.1, -0.05) is 91.0 Å². The molecule has 0 N–H and O–H groups in total. The van der Waals surface area contributed by atoms with Crippen LogP contribution in [0.15, 0.2) is 176 Å². The summed E-state index contributed by atoms with van der Waals surface area (Å²) >= 11 is 0. The van der Waals surface area contributed by atoms with Crippen molar-refractivity contribution in [1.29, 1.82) is 10.5 Å². The first kappa shape index (κ1) is 30.7. The third-order valence-electron chi connectivity index (χ3n) is 11.0. The quantitative estimate of drug-likeness (QED) is 0.184. The number of rotatable bonds is 4. The van der Waals surface area contributed by atoms with Crippen LogP contribution in [-0.2, 0) is 0 Å². The Morgan fingerprint density at radius 3 is 1.36 bits per heavy atom. The Hall–Kier alpha value is -7.86. The largest absolute Gasteiger partial charge is 0.309 e. The van der Waals surface area contributed by atoms with E-state index < -0.39 is 0 Å². The van der Waals surface area contributed by atoms with Crippen molar-refractivity contribution in [3.05, 3.63) is 187 Å². The molecular formula is C50H29N5. The van der Waals surface area contributed by atoms with Crippen molar-refractivity contribution in [2.45, 2.75) is 0 Å². The van der Waals surface area contributed by atoms with Crippen molar-refractivity contribution in [2.24, 2.45) is 0 Å². The molecule has 5 nitrogen and oxygen atoms in total. The van der Waals surface area contributed by atoms with Crippen molar-refractivity contribution < 1.29 is 0 Å². The fourth-order valence-electron chi connectivity index (χ4n) is 8.70. The molecule has 0 aliphatic carbocycles. The molecule has 0 saturated carbocycles. The minimum atomic E-state index is 0.642. The summed E-state index contributed by atoms with van der Waals surface area (Å²) in [4.78, 5) is 0. The molecule has 0 unspecified atom stereocenters. The van der Waals surface area contributed by atoms with E-state index >= 15 is 0 Å². The maximum atomic E-state index is 9.88. The fraction of sp³-hybridized carbons (Fsp3) is 0. The van der Waals surface area contributed by atoms with E-state index in [2.05, 4.69) is 171 Å². The van der Waals surface area contributed by atoms with Gasteiger partial charge in [-0.3, -0.25) is 0 Å². The third-order valence-corrected chi connectivity index (χ3v) is 11.0. The Morgan fingerprint density at radius 1 is 0.309 bits per heavy atom. The molecule has 0 spiro atoms. The highest BCUT2D eigenvalue weighted by atomic mass is 15.0. The first-order valence-corrected chi connectivity index (χ1v) is 18.3. The lowest BCUT2D eigenvalue weighted by atomic mass is 10.0. The van der Waals surface area contributed by atoms with Gasteiger partial charge in [-0.25, -0.2) is 0 Å². The predicted octanol–water partition coefficient (Wildman–Crippen LogP) is 12.4. The number of para-hydroxylation sites is 3. The standard InChI is InChI=1S/C50H29N5/c51-30-32-20-24-47-43(26-32)40-17-5-6-18-45(40)53(47)37-14-8-10-34(28-37)35-11-9-15-38(29-35)55-46-19-7-4-16-39(46)41-22-23-42-44-27-33(31-52)21-25-48(44)54(50(42)49(41)55)36-12-2-1-3-13-36/h1-29H. The molecule has 11 rings (SSSR count). The minimum Gasteiger partial charge on any atom is -0.309 e. The van der Waals surface area contributed by atoms with E-state index in [1.165, 1.54) is 10.8 Å². The molecule has 5 heteroatoms. The van der Waals surface area contributed by atoms with Gasteiger partial charge < -0.3 is 13.7 Å². The lowest BCUT2D eigenvalue weighted by Gasteiger charge is -2.14. The number of hydrogen-bond donors (Lipinski definition) is 0. The van der Waals surface area contributed by atoms with E-state index in [1.54, 1.807) is 0 Å². The molecule has 0 aliphatic heterocycles. The van der Waals surface area contributed by atoms with Crippen LogP contribution in [0.3, 0.4) is 0 Å². The number of fused-ring (bicyclic) bond motifs is 10. The minimum absolute atomic E-state index is 0.642. The van der Waals surface area contributed by atoms with Crippen LogP contribution in [0.2, 0.25) is 0 Å². The van der Waals surface area contributed by atoms with Gasteiger partial charge in [0.05, 0.1) is 56.4 Å². The van der Waals surface area contributed by atoms with Gasteiger partial charge in [0, 0.05) is 49.4 Å². The molecule has 0 amide bonds. The highest BCUT2D eigenvalue weighted by Gasteiger charge is 2.22. The molecule has 11 aromatic rings. The summed E-state index contributed by atoms with van der Waals surface area (Å²) in [5.74, 6) is 0. The number of aromatic nitrogens is 3. The normalized spacial score (nSPS) is 11.6. The summed E-state index contributed by atoms with van der Waals surface area (Å²) in [6, 6.07) is 66.1. The topological polar surface area (TPSA) is 62.4 Å². The molecule has 3 aromatic heterocycles. The summed E-state index contributed by atoms with van der Waals surface area (Å²) in [5, 5.41) is 26.2. The molecule has 0 radical (unpaired) electrons. The monoisotopic (exact) mass is 699 g/mol. The average molecular weight is 700 g/mol. The Balaban J connectivity index is 1.16. The fourth-order valence-corrected chi connectivity index (χ4v) is 8.70. The Kier molecular flexibility index (Phi) is 6.61. The second kappa shape index (κ2) is 11.8.